The number of pyridine rings is 1. The molecule has 1 aromatic carbocycles. The van der Waals surface area contributed by atoms with Gasteiger partial charge in [-0.2, -0.15) is 0 Å². The average Bonchev–Trinajstić information content (AvgIpc) is 4.07. The smallest absolute Gasteiger partial charge is 0.408 e. The summed E-state index contributed by atoms with van der Waals surface area (Å²) < 4.78 is 45.6. The Morgan fingerprint density at radius 3 is 2.47 bits per heavy atom. The van der Waals surface area contributed by atoms with Gasteiger partial charge in [0.15, 0.2) is 0 Å². The van der Waals surface area contributed by atoms with Crippen molar-refractivity contribution in [3.8, 4) is 5.88 Å². The Morgan fingerprint density at radius 2 is 1.80 bits per heavy atom. The molecule has 7 unspecified atom stereocenters. The summed E-state index contributed by atoms with van der Waals surface area (Å²) in [6, 6.07) is 5.65. The molecule has 59 heavy (non-hydrogen) atoms. The first-order chi connectivity index (χ1) is 27.9. The van der Waals surface area contributed by atoms with Gasteiger partial charge in [-0.3, -0.25) is 19.1 Å². The van der Waals surface area contributed by atoms with Crippen LogP contribution in [0.1, 0.15) is 92.9 Å². The average molecular weight is 837 g/mol. The summed E-state index contributed by atoms with van der Waals surface area (Å²) in [7, 11) is -4.00. The Bertz CT molecular complexity index is 2080. The highest BCUT2D eigenvalue weighted by atomic mass is 32.2. The summed E-state index contributed by atoms with van der Waals surface area (Å²) in [6.45, 7) is 13.6. The third-order valence-electron chi connectivity index (χ3n) is 12.6. The number of carbonyl (C=O) groups is 4. The Balaban J connectivity index is 1.23. The molecule has 1 aromatic heterocycles. The lowest BCUT2D eigenvalue weighted by Crippen LogP contribution is -2.59. The summed E-state index contributed by atoms with van der Waals surface area (Å²) in [5.41, 5.74) is -1.40. The van der Waals surface area contributed by atoms with Gasteiger partial charge in [0, 0.05) is 36.2 Å². The van der Waals surface area contributed by atoms with E-state index in [1.807, 2.05) is 43.3 Å². The second-order valence-electron chi connectivity index (χ2n) is 18.4. The third kappa shape index (κ3) is 9.18. The number of sulfonamides is 1. The predicted molar refractivity (Wildman–Crippen MR) is 222 cm³/mol. The molecule has 2 saturated carbocycles. The van der Waals surface area contributed by atoms with E-state index in [0.29, 0.717) is 51.2 Å². The number of morpholine rings is 1. The molecular weight excluding hydrogens is 777 g/mol. The molecule has 4 heterocycles. The molecule has 3 N–H and O–H groups in total. The second-order valence-corrected chi connectivity index (χ2v) is 20.6. The Hall–Kier alpha value is -4.44. The van der Waals surface area contributed by atoms with E-state index in [-0.39, 0.29) is 31.2 Å². The molecule has 5 aliphatic rings. The summed E-state index contributed by atoms with van der Waals surface area (Å²) in [4.78, 5) is 65.6. The fourth-order valence-corrected chi connectivity index (χ4v) is 10.0. The molecule has 2 saturated heterocycles. The molecule has 7 atom stereocenters. The molecule has 0 spiro atoms. The van der Waals surface area contributed by atoms with Crippen molar-refractivity contribution in [1.82, 2.24) is 25.2 Å². The van der Waals surface area contributed by atoms with Gasteiger partial charge in [-0.15, -0.1) is 0 Å². The number of anilines is 1. The lowest BCUT2D eigenvalue weighted by atomic mass is 9.85. The number of amides is 4. The molecule has 4 amide bonds. The Kier molecular flexibility index (Phi) is 12.0. The van der Waals surface area contributed by atoms with Crippen LogP contribution in [-0.4, -0.2) is 109 Å². The molecule has 4 fully saturated rings. The maximum Gasteiger partial charge on any atom is 0.408 e. The van der Waals surface area contributed by atoms with Gasteiger partial charge in [-0.25, -0.2) is 18.2 Å². The Morgan fingerprint density at radius 1 is 1.08 bits per heavy atom. The zero-order valence-corrected chi connectivity index (χ0v) is 35.9. The van der Waals surface area contributed by atoms with Gasteiger partial charge in [-0.1, -0.05) is 50.6 Å². The minimum Gasteiger partial charge on any atom is -0.472 e. The van der Waals surface area contributed by atoms with Crippen molar-refractivity contribution in [3.05, 3.63) is 42.6 Å². The van der Waals surface area contributed by atoms with Crippen LogP contribution in [0.15, 0.2) is 42.6 Å². The maximum atomic E-state index is 15.0. The van der Waals surface area contributed by atoms with Crippen LogP contribution < -0.4 is 25.0 Å². The number of carbonyl (C=O) groups excluding carboxylic acids is 4. The van der Waals surface area contributed by atoms with Crippen LogP contribution in [0.25, 0.3) is 10.8 Å². The fraction of sp³-hybridized carbons (Fsp3) is 0.651. The van der Waals surface area contributed by atoms with Gasteiger partial charge in [-0.05, 0) is 84.1 Å². The van der Waals surface area contributed by atoms with E-state index < -0.39 is 73.8 Å². The van der Waals surface area contributed by atoms with Crippen LogP contribution in [-0.2, 0) is 33.9 Å². The highest BCUT2D eigenvalue weighted by Crippen LogP contribution is 2.48. The summed E-state index contributed by atoms with van der Waals surface area (Å²) in [6.07, 6.45) is 8.00. The first-order valence-corrected chi connectivity index (χ1v) is 22.6. The van der Waals surface area contributed by atoms with Crippen molar-refractivity contribution in [3.63, 3.8) is 0 Å². The maximum absolute atomic E-state index is 15.0. The van der Waals surface area contributed by atoms with Crippen molar-refractivity contribution >= 4 is 50.3 Å². The van der Waals surface area contributed by atoms with E-state index >= 15 is 4.79 Å². The molecule has 0 radical (unpaired) electrons. The highest BCUT2D eigenvalue weighted by Gasteiger charge is 2.63. The summed E-state index contributed by atoms with van der Waals surface area (Å²) in [5.74, 6) is -2.10. The quantitative estimate of drug-likeness (QED) is 0.316. The zero-order valence-electron chi connectivity index (χ0n) is 35.1. The SMILES string of the molecule is CCC1CC(C)CCC=CC2CC2(C(=O)NS(=O)(=O)C2(C)CC2)NC(=O)C2CC(Oc3ncc(N4CCOCC4)c4ccccc34)CN2C(=O)C1NC(=O)OC(C)(C)C. The summed E-state index contributed by atoms with van der Waals surface area (Å²) in [5, 5.41) is 7.54. The van der Waals surface area contributed by atoms with E-state index in [0.717, 1.165) is 36.0 Å². The number of allylic oxidation sites excluding steroid dienone is 1. The second kappa shape index (κ2) is 16.5. The van der Waals surface area contributed by atoms with E-state index in [9.17, 15) is 22.8 Å². The largest absolute Gasteiger partial charge is 0.472 e. The number of nitrogens with zero attached hydrogens (tertiary/aromatic N) is 3. The molecule has 15 nitrogen and oxygen atoms in total. The number of benzene rings is 1. The summed E-state index contributed by atoms with van der Waals surface area (Å²) >= 11 is 0. The van der Waals surface area contributed by atoms with Crippen LogP contribution in [0, 0.1) is 17.8 Å². The van der Waals surface area contributed by atoms with Crippen LogP contribution in [0.4, 0.5) is 10.5 Å². The van der Waals surface area contributed by atoms with Crippen molar-refractivity contribution in [1.29, 1.82) is 0 Å². The number of alkyl carbamates (subject to hydrolysis) is 1. The molecule has 2 aliphatic carbocycles. The topological polar surface area (TPSA) is 186 Å². The monoisotopic (exact) mass is 836 g/mol. The van der Waals surface area contributed by atoms with E-state index in [1.165, 1.54) is 4.90 Å². The van der Waals surface area contributed by atoms with Crippen LogP contribution in [0.2, 0.25) is 0 Å². The van der Waals surface area contributed by atoms with Gasteiger partial charge in [0.2, 0.25) is 27.7 Å². The normalized spacial score (nSPS) is 29.9. The predicted octanol–water partition coefficient (Wildman–Crippen LogP) is 4.59. The molecule has 16 heteroatoms. The molecule has 2 aromatic rings. The number of hydrogen-bond acceptors (Lipinski definition) is 11. The number of ether oxygens (including phenoxy) is 3. The van der Waals surface area contributed by atoms with Crippen molar-refractivity contribution in [2.24, 2.45) is 17.8 Å². The molecular formula is C43H60N6O9S. The zero-order chi connectivity index (χ0) is 42.3. The van der Waals surface area contributed by atoms with Gasteiger partial charge in [0.05, 0.1) is 36.4 Å². The molecule has 0 bridgehead atoms. The number of hydrogen-bond donors (Lipinski definition) is 3. The van der Waals surface area contributed by atoms with Gasteiger partial charge >= 0.3 is 6.09 Å². The van der Waals surface area contributed by atoms with Crippen LogP contribution in [0.3, 0.4) is 0 Å². The fourth-order valence-electron chi connectivity index (χ4n) is 8.71. The van der Waals surface area contributed by atoms with Gasteiger partial charge in [0.1, 0.15) is 29.3 Å². The number of fused-ring (bicyclic) bond motifs is 3. The molecule has 7 rings (SSSR count). The third-order valence-corrected chi connectivity index (χ3v) is 14.8. The standard InChI is InChI=1S/C43H60N6O9S/c1-7-28-22-27(2)12-8-9-13-29-24-43(29,39(52)47-59(54,55)42(6)16-17-42)46-36(50)33-23-30(26-49(33)38(51)35(28)45-40(53)58-41(3,4)5)57-37-32-15-11-10-14-31(32)34(25-44-37)48-18-20-56-21-19-48/h9-11,13-15,25,27-30,33,35H,7-8,12,16-24,26H2,1-6H3,(H,45,53)(H,46,50)(H,47,52). The van der Waals surface area contributed by atoms with E-state index in [2.05, 4.69) is 27.2 Å². The van der Waals surface area contributed by atoms with Gasteiger partial charge < -0.3 is 34.6 Å². The van der Waals surface area contributed by atoms with Crippen molar-refractivity contribution in [2.75, 3.05) is 37.7 Å². The highest BCUT2D eigenvalue weighted by molar-refractivity contribution is 7.91. The number of rotatable bonds is 8. The lowest BCUT2D eigenvalue weighted by Gasteiger charge is -2.34. The minimum atomic E-state index is -4.00. The van der Waals surface area contributed by atoms with Gasteiger partial charge in [0.25, 0.3) is 5.91 Å². The first kappa shape index (κ1) is 42.7. The van der Waals surface area contributed by atoms with E-state index in [1.54, 1.807) is 33.9 Å². The first-order valence-electron chi connectivity index (χ1n) is 21.2. The van der Waals surface area contributed by atoms with Crippen LogP contribution >= 0.6 is 0 Å². The van der Waals surface area contributed by atoms with Crippen molar-refractivity contribution in [2.45, 2.75) is 127 Å². The van der Waals surface area contributed by atoms with Crippen molar-refractivity contribution < 1.29 is 41.8 Å². The number of aromatic nitrogens is 1. The van der Waals surface area contributed by atoms with E-state index in [4.69, 9.17) is 19.2 Å². The molecule has 3 aliphatic heterocycles. The minimum absolute atomic E-state index is 0.00805. The number of nitrogens with one attached hydrogen (secondary N) is 3. The lowest BCUT2D eigenvalue weighted by molar-refractivity contribution is -0.142. The molecule has 322 valence electrons. The Labute approximate surface area is 347 Å². The van der Waals surface area contributed by atoms with Crippen LogP contribution in [0.5, 0.6) is 5.88 Å².